The first-order valence-electron chi connectivity index (χ1n) is 5.66. The van der Waals surface area contributed by atoms with E-state index in [1.54, 1.807) is 6.33 Å². The van der Waals surface area contributed by atoms with Crippen LogP contribution in [0.2, 0.25) is 0 Å². The molecule has 1 aromatic heterocycles. The minimum absolute atomic E-state index is 0.740. The van der Waals surface area contributed by atoms with Crippen LogP contribution in [-0.4, -0.2) is 14.8 Å². The van der Waals surface area contributed by atoms with Crippen molar-refractivity contribution in [3.05, 3.63) is 60.9 Å². The zero-order valence-corrected chi connectivity index (χ0v) is 9.69. The lowest BCUT2D eigenvalue weighted by atomic mass is 10.2. The molecule has 3 rings (SSSR count). The van der Waals surface area contributed by atoms with E-state index < -0.39 is 0 Å². The lowest BCUT2D eigenvalue weighted by Gasteiger charge is -2.05. The van der Waals surface area contributed by atoms with Crippen molar-refractivity contribution in [3.8, 4) is 17.1 Å². The topological polar surface area (TPSA) is 56.7 Å². The Balaban J connectivity index is 2.10. The summed E-state index contributed by atoms with van der Waals surface area (Å²) in [6.45, 7) is 0. The van der Waals surface area contributed by atoms with E-state index in [1.807, 2.05) is 59.3 Å². The van der Waals surface area contributed by atoms with Crippen molar-refractivity contribution in [2.45, 2.75) is 0 Å². The number of aromatic nitrogens is 3. The molecule has 0 amide bonds. The van der Waals surface area contributed by atoms with Gasteiger partial charge < -0.3 is 5.73 Å². The maximum atomic E-state index is 5.69. The Morgan fingerprint density at radius 3 is 2.33 bits per heavy atom. The minimum Gasteiger partial charge on any atom is -0.399 e. The number of nitrogen functional groups attached to an aromatic ring is 1. The van der Waals surface area contributed by atoms with Crippen LogP contribution < -0.4 is 5.73 Å². The average molecular weight is 236 g/mol. The van der Waals surface area contributed by atoms with E-state index in [9.17, 15) is 0 Å². The molecule has 1 heterocycles. The number of benzene rings is 2. The molecule has 18 heavy (non-hydrogen) atoms. The first kappa shape index (κ1) is 10.5. The number of para-hydroxylation sites is 1. The van der Waals surface area contributed by atoms with Crippen LogP contribution in [0.1, 0.15) is 0 Å². The van der Waals surface area contributed by atoms with Crippen LogP contribution in [0.3, 0.4) is 0 Å². The smallest absolute Gasteiger partial charge is 0.163 e. The van der Waals surface area contributed by atoms with Crippen molar-refractivity contribution in [2.24, 2.45) is 0 Å². The molecule has 2 N–H and O–H groups in total. The summed E-state index contributed by atoms with van der Waals surface area (Å²) in [6.07, 6.45) is 1.55. The van der Waals surface area contributed by atoms with E-state index in [4.69, 9.17) is 5.73 Å². The number of rotatable bonds is 2. The molecule has 0 spiro atoms. The van der Waals surface area contributed by atoms with Crippen molar-refractivity contribution < 1.29 is 0 Å². The average Bonchev–Trinajstić information content (AvgIpc) is 2.90. The van der Waals surface area contributed by atoms with Gasteiger partial charge in [0, 0.05) is 11.3 Å². The van der Waals surface area contributed by atoms with Crippen LogP contribution in [0.15, 0.2) is 60.9 Å². The zero-order valence-electron chi connectivity index (χ0n) is 9.69. The van der Waals surface area contributed by atoms with Crippen LogP contribution in [-0.2, 0) is 0 Å². The lowest BCUT2D eigenvalue weighted by molar-refractivity contribution is 0.887. The molecule has 0 radical (unpaired) electrons. The highest BCUT2D eigenvalue weighted by atomic mass is 15.3. The number of nitrogens with two attached hydrogens (primary N) is 1. The van der Waals surface area contributed by atoms with Crippen molar-refractivity contribution in [1.82, 2.24) is 14.8 Å². The van der Waals surface area contributed by atoms with E-state index >= 15 is 0 Å². The maximum Gasteiger partial charge on any atom is 0.163 e. The van der Waals surface area contributed by atoms with Gasteiger partial charge in [0.15, 0.2) is 5.82 Å². The monoisotopic (exact) mass is 236 g/mol. The van der Waals surface area contributed by atoms with Gasteiger partial charge in [-0.1, -0.05) is 18.2 Å². The van der Waals surface area contributed by atoms with E-state index in [0.717, 1.165) is 22.8 Å². The third-order valence-electron chi connectivity index (χ3n) is 2.72. The van der Waals surface area contributed by atoms with Gasteiger partial charge >= 0.3 is 0 Å². The summed E-state index contributed by atoms with van der Waals surface area (Å²) in [7, 11) is 0. The molecule has 0 unspecified atom stereocenters. The Labute approximate surface area is 105 Å². The summed E-state index contributed by atoms with van der Waals surface area (Å²) >= 11 is 0. The van der Waals surface area contributed by atoms with Gasteiger partial charge in [-0.3, -0.25) is 0 Å². The minimum atomic E-state index is 0.740. The van der Waals surface area contributed by atoms with Crippen molar-refractivity contribution >= 4 is 5.69 Å². The molecule has 0 saturated heterocycles. The molecule has 0 atom stereocenters. The molecule has 4 nitrogen and oxygen atoms in total. The Morgan fingerprint density at radius 2 is 1.61 bits per heavy atom. The standard InChI is InChI=1S/C14H12N4/c15-12-8-6-11(7-9-12)14-16-10-17-18(14)13-4-2-1-3-5-13/h1-10H,15H2. The first-order valence-corrected chi connectivity index (χ1v) is 5.66. The molecule has 0 fully saturated rings. The molecule has 88 valence electrons. The fourth-order valence-corrected chi connectivity index (χ4v) is 1.83. The van der Waals surface area contributed by atoms with Crippen molar-refractivity contribution in [2.75, 3.05) is 5.73 Å². The van der Waals surface area contributed by atoms with Crippen LogP contribution in [0, 0.1) is 0 Å². The largest absolute Gasteiger partial charge is 0.399 e. The molecular formula is C14H12N4. The van der Waals surface area contributed by atoms with E-state index in [2.05, 4.69) is 10.1 Å². The summed E-state index contributed by atoms with van der Waals surface area (Å²) in [5.41, 5.74) is 8.41. The summed E-state index contributed by atoms with van der Waals surface area (Å²) < 4.78 is 1.81. The van der Waals surface area contributed by atoms with Crippen LogP contribution in [0.5, 0.6) is 0 Å². The number of nitrogens with zero attached hydrogens (tertiary/aromatic N) is 3. The zero-order chi connectivity index (χ0) is 12.4. The van der Waals surface area contributed by atoms with E-state index in [0.29, 0.717) is 0 Å². The fourth-order valence-electron chi connectivity index (χ4n) is 1.83. The molecule has 4 heteroatoms. The number of hydrogen-bond acceptors (Lipinski definition) is 3. The second kappa shape index (κ2) is 4.33. The van der Waals surface area contributed by atoms with E-state index in [1.165, 1.54) is 0 Å². The third kappa shape index (κ3) is 1.84. The van der Waals surface area contributed by atoms with Gasteiger partial charge in [0.1, 0.15) is 6.33 Å². The van der Waals surface area contributed by atoms with Gasteiger partial charge in [-0.05, 0) is 36.4 Å². The summed E-state index contributed by atoms with van der Waals surface area (Å²) in [6, 6.07) is 17.5. The summed E-state index contributed by atoms with van der Waals surface area (Å²) in [5.74, 6) is 0.807. The van der Waals surface area contributed by atoms with E-state index in [-0.39, 0.29) is 0 Å². The third-order valence-corrected chi connectivity index (χ3v) is 2.72. The Morgan fingerprint density at radius 1 is 0.889 bits per heavy atom. The molecule has 0 aliphatic rings. The molecule has 0 aliphatic heterocycles. The molecular weight excluding hydrogens is 224 g/mol. The second-order valence-electron chi connectivity index (χ2n) is 3.95. The van der Waals surface area contributed by atoms with Gasteiger partial charge in [-0.25, -0.2) is 9.67 Å². The Hall–Kier alpha value is -2.62. The van der Waals surface area contributed by atoms with Crippen LogP contribution >= 0.6 is 0 Å². The van der Waals surface area contributed by atoms with Crippen LogP contribution in [0.4, 0.5) is 5.69 Å². The highest BCUT2D eigenvalue weighted by molar-refractivity contribution is 5.60. The predicted molar refractivity (Wildman–Crippen MR) is 71.2 cm³/mol. The maximum absolute atomic E-state index is 5.69. The van der Waals surface area contributed by atoms with Gasteiger partial charge in [-0.15, -0.1) is 0 Å². The number of hydrogen-bond donors (Lipinski definition) is 1. The molecule has 0 bridgehead atoms. The summed E-state index contributed by atoms with van der Waals surface area (Å²) in [5, 5.41) is 4.26. The molecule has 3 aromatic rings. The Bertz CT molecular complexity index is 641. The highest BCUT2D eigenvalue weighted by Crippen LogP contribution is 2.20. The van der Waals surface area contributed by atoms with Crippen molar-refractivity contribution in [1.29, 1.82) is 0 Å². The lowest BCUT2D eigenvalue weighted by Crippen LogP contribution is -1.99. The van der Waals surface area contributed by atoms with Gasteiger partial charge in [-0.2, -0.15) is 5.10 Å². The second-order valence-corrected chi connectivity index (χ2v) is 3.95. The quantitative estimate of drug-likeness (QED) is 0.695. The van der Waals surface area contributed by atoms with Gasteiger partial charge in [0.05, 0.1) is 5.69 Å². The molecule has 0 saturated carbocycles. The SMILES string of the molecule is Nc1ccc(-c2ncnn2-c2ccccc2)cc1. The highest BCUT2D eigenvalue weighted by Gasteiger charge is 2.08. The normalized spacial score (nSPS) is 10.4. The predicted octanol–water partition coefficient (Wildman–Crippen LogP) is 2.52. The van der Waals surface area contributed by atoms with Crippen molar-refractivity contribution in [3.63, 3.8) is 0 Å². The van der Waals surface area contributed by atoms with Gasteiger partial charge in [0.2, 0.25) is 0 Å². The van der Waals surface area contributed by atoms with Crippen LogP contribution in [0.25, 0.3) is 17.1 Å². The molecule has 0 aliphatic carbocycles. The number of anilines is 1. The molecule has 2 aromatic carbocycles. The van der Waals surface area contributed by atoms with Gasteiger partial charge in [0.25, 0.3) is 0 Å². The fraction of sp³-hybridized carbons (Fsp3) is 0. The first-order chi connectivity index (χ1) is 8.84. The summed E-state index contributed by atoms with van der Waals surface area (Å²) in [4.78, 5) is 4.30. The Kier molecular flexibility index (Phi) is 2.53.